The average Bonchev–Trinajstić information content (AvgIpc) is 2.65. The first-order valence-electron chi connectivity index (χ1n) is 7.33. The topological polar surface area (TPSA) is 32.3 Å². The molecular formula is C16H24FNO. The fourth-order valence-electron chi connectivity index (χ4n) is 3.00. The van der Waals surface area contributed by atoms with E-state index < -0.39 is 0 Å². The van der Waals surface area contributed by atoms with Crippen molar-refractivity contribution in [2.24, 2.45) is 0 Å². The monoisotopic (exact) mass is 265 g/mol. The highest BCUT2D eigenvalue weighted by Gasteiger charge is 2.19. The quantitative estimate of drug-likeness (QED) is 0.817. The van der Waals surface area contributed by atoms with Crippen LogP contribution in [-0.4, -0.2) is 17.8 Å². The lowest BCUT2D eigenvalue weighted by molar-refractivity contribution is 0.227. The van der Waals surface area contributed by atoms with E-state index in [9.17, 15) is 9.50 Å². The molecular weight excluding hydrogens is 241 g/mol. The van der Waals surface area contributed by atoms with E-state index in [2.05, 4.69) is 5.32 Å². The van der Waals surface area contributed by atoms with Crippen molar-refractivity contribution >= 4 is 0 Å². The van der Waals surface area contributed by atoms with E-state index in [1.165, 1.54) is 50.7 Å². The first-order valence-corrected chi connectivity index (χ1v) is 7.33. The maximum Gasteiger partial charge on any atom is 0.123 e. The van der Waals surface area contributed by atoms with Gasteiger partial charge in [-0.15, -0.1) is 0 Å². The molecule has 19 heavy (non-hydrogen) atoms. The highest BCUT2D eigenvalue weighted by molar-refractivity contribution is 5.29. The van der Waals surface area contributed by atoms with Crippen LogP contribution >= 0.6 is 0 Å². The summed E-state index contributed by atoms with van der Waals surface area (Å²) in [5, 5.41) is 13.2. The minimum atomic E-state index is -0.215. The van der Waals surface area contributed by atoms with E-state index in [0.29, 0.717) is 6.04 Å². The number of hydrogen-bond donors (Lipinski definition) is 2. The van der Waals surface area contributed by atoms with Crippen molar-refractivity contribution in [3.05, 3.63) is 35.1 Å². The van der Waals surface area contributed by atoms with E-state index in [4.69, 9.17) is 0 Å². The van der Waals surface area contributed by atoms with Gasteiger partial charge in [-0.2, -0.15) is 0 Å². The fourth-order valence-corrected chi connectivity index (χ4v) is 3.00. The van der Waals surface area contributed by atoms with Gasteiger partial charge in [-0.3, -0.25) is 0 Å². The molecule has 1 fully saturated rings. The SMILES string of the molecule is Cc1cc(F)ccc1C(CO)NC1CCCCCC1. The van der Waals surface area contributed by atoms with Crippen LogP contribution in [0.5, 0.6) is 0 Å². The summed E-state index contributed by atoms with van der Waals surface area (Å²) < 4.78 is 13.1. The molecule has 1 aromatic carbocycles. The minimum Gasteiger partial charge on any atom is -0.394 e. The third-order valence-electron chi connectivity index (χ3n) is 4.08. The van der Waals surface area contributed by atoms with Gasteiger partial charge in [0.15, 0.2) is 0 Å². The number of halogens is 1. The Morgan fingerprint density at radius 3 is 2.53 bits per heavy atom. The summed E-state index contributed by atoms with van der Waals surface area (Å²) in [6.45, 7) is 1.96. The van der Waals surface area contributed by atoms with E-state index in [-0.39, 0.29) is 18.5 Å². The number of aliphatic hydroxyl groups is 1. The van der Waals surface area contributed by atoms with Gasteiger partial charge in [0.05, 0.1) is 12.6 Å². The molecule has 0 heterocycles. The zero-order valence-corrected chi connectivity index (χ0v) is 11.7. The molecule has 0 aromatic heterocycles. The van der Waals surface area contributed by atoms with Crippen LogP contribution in [0, 0.1) is 12.7 Å². The Balaban J connectivity index is 2.06. The lowest BCUT2D eigenvalue weighted by Crippen LogP contribution is -2.34. The molecule has 1 aliphatic carbocycles. The second-order valence-electron chi connectivity index (χ2n) is 5.59. The molecule has 1 saturated carbocycles. The van der Waals surface area contributed by atoms with Crippen molar-refractivity contribution in [2.45, 2.75) is 57.5 Å². The van der Waals surface area contributed by atoms with Crippen LogP contribution in [0.1, 0.15) is 55.7 Å². The molecule has 1 atom stereocenters. The predicted octanol–water partition coefficient (Wildman–Crippen LogP) is 3.48. The average molecular weight is 265 g/mol. The summed E-state index contributed by atoms with van der Waals surface area (Å²) in [6.07, 6.45) is 7.51. The summed E-state index contributed by atoms with van der Waals surface area (Å²) in [5.41, 5.74) is 1.91. The molecule has 1 unspecified atom stereocenters. The predicted molar refractivity (Wildman–Crippen MR) is 75.6 cm³/mol. The van der Waals surface area contributed by atoms with E-state index in [1.54, 1.807) is 6.07 Å². The maximum atomic E-state index is 13.1. The number of aryl methyl sites for hydroxylation is 1. The minimum absolute atomic E-state index is 0.0585. The standard InChI is InChI=1S/C16H24FNO/c1-12-10-13(17)8-9-15(12)16(11-19)18-14-6-4-2-3-5-7-14/h8-10,14,16,18-19H,2-7,11H2,1H3. The third kappa shape index (κ3) is 4.02. The van der Waals surface area contributed by atoms with Gasteiger partial charge < -0.3 is 10.4 Å². The summed E-state index contributed by atoms with van der Waals surface area (Å²) in [7, 11) is 0. The molecule has 106 valence electrons. The second kappa shape index (κ2) is 7.01. The molecule has 1 aliphatic rings. The third-order valence-corrected chi connectivity index (χ3v) is 4.08. The number of benzene rings is 1. The molecule has 0 amide bonds. The Morgan fingerprint density at radius 2 is 1.95 bits per heavy atom. The number of rotatable bonds is 4. The molecule has 0 spiro atoms. The van der Waals surface area contributed by atoms with Crippen molar-refractivity contribution in [1.29, 1.82) is 0 Å². The van der Waals surface area contributed by atoms with Gasteiger partial charge >= 0.3 is 0 Å². The normalized spacial score (nSPS) is 19.1. The first kappa shape index (κ1) is 14.5. The van der Waals surface area contributed by atoms with Crippen LogP contribution in [0.3, 0.4) is 0 Å². The lowest BCUT2D eigenvalue weighted by atomic mass is 9.99. The highest BCUT2D eigenvalue weighted by atomic mass is 19.1. The molecule has 2 N–H and O–H groups in total. The van der Waals surface area contributed by atoms with Crippen LogP contribution in [-0.2, 0) is 0 Å². The van der Waals surface area contributed by atoms with Crippen LogP contribution in [0.25, 0.3) is 0 Å². The summed E-state index contributed by atoms with van der Waals surface area (Å²) >= 11 is 0. The molecule has 2 nitrogen and oxygen atoms in total. The van der Waals surface area contributed by atoms with Crippen LogP contribution in [0.2, 0.25) is 0 Å². The van der Waals surface area contributed by atoms with Gasteiger partial charge in [0, 0.05) is 6.04 Å². The van der Waals surface area contributed by atoms with E-state index in [1.807, 2.05) is 6.92 Å². The molecule has 0 bridgehead atoms. The Bertz CT molecular complexity index is 400. The first-order chi connectivity index (χ1) is 9.20. The zero-order chi connectivity index (χ0) is 13.7. The van der Waals surface area contributed by atoms with Crippen molar-refractivity contribution in [3.8, 4) is 0 Å². The van der Waals surface area contributed by atoms with Crippen molar-refractivity contribution in [3.63, 3.8) is 0 Å². The Morgan fingerprint density at radius 1 is 1.26 bits per heavy atom. The van der Waals surface area contributed by atoms with Crippen LogP contribution in [0.4, 0.5) is 4.39 Å². The number of aliphatic hydroxyl groups excluding tert-OH is 1. The van der Waals surface area contributed by atoms with E-state index in [0.717, 1.165) is 11.1 Å². The summed E-state index contributed by atoms with van der Waals surface area (Å²) in [4.78, 5) is 0. The van der Waals surface area contributed by atoms with Crippen molar-refractivity contribution < 1.29 is 9.50 Å². The molecule has 0 aliphatic heterocycles. The summed E-state index contributed by atoms with van der Waals surface area (Å²) in [5.74, 6) is -0.215. The van der Waals surface area contributed by atoms with Crippen molar-refractivity contribution in [1.82, 2.24) is 5.32 Å². The number of hydrogen-bond acceptors (Lipinski definition) is 2. The smallest absolute Gasteiger partial charge is 0.123 e. The van der Waals surface area contributed by atoms with Gasteiger partial charge in [-0.1, -0.05) is 31.7 Å². The maximum absolute atomic E-state index is 13.1. The van der Waals surface area contributed by atoms with Gasteiger partial charge in [-0.25, -0.2) is 4.39 Å². The molecule has 1 aromatic rings. The fraction of sp³-hybridized carbons (Fsp3) is 0.625. The van der Waals surface area contributed by atoms with Crippen LogP contribution < -0.4 is 5.32 Å². The summed E-state index contributed by atoms with van der Waals surface area (Å²) in [6, 6.07) is 5.19. The number of nitrogens with one attached hydrogen (secondary N) is 1. The van der Waals surface area contributed by atoms with E-state index >= 15 is 0 Å². The molecule has 0 saturated heterocycles. The lowest BCUT2D eigenvalue weighted by Gasteiger charge is -2.25. The molecule has 2 rings (SSSR count). The zero-order valence-electron chi connectivity index (χ0n) is 11.7. The second-order valence-corrected chi connectivity index (χ2v) is 5.59. The Kier molecular flexibility index (Phi) is 5.34. The Hall–Kier alpha value is -0.930. The Labute approximate surface area is 115 Å². The van der Waals surface area contributed by atoms with Gasteiger partial charge in [-0.05, 0) is 43.0 Å². The van der Waals surface area contributed by atoms with Gasteiger partial charge in [0.1, 0.15) is 5.82 Å². The highest BCUT2D eigenvalue weighted by Crippen LogP contribution is 2.23. The molecule has 3 heteroatoms. The van der Waals surface area contributed by atoms with Crippen molar-refractivity contribution in [2.75, 3.05) is 6.61 Å². The van der Waals surface area contributed by atoms with Crippen LogP contribution in [0.15, 0.2) is 18.2 Å². The van der Waals surface area contributed by atoms with Gasteiger partial charge in [0.2, 0.25) is 0 Å². The van der Waals surface area contributed by atoms with Gasteiger partial charge in [0.25, 0.3) is 0 Å². The largest absolute Gasteiger partial charge is 0.394 e. The molecule has 0 radical (unpaired) electrons.